The van der Waals surface area contributed by atoms with Crippen LogP contribution in [0.4, 0.5) is 5.82 Å². The first kappa shape index (κ1) is 10.4. The Labute approximate surface area is 93.1 Å². The number of carbonyl (C=O) groups excluding carboxylic acids is 1. The number of amides is 1. The van der Waals surface area contributed by atoms with E-state index in [1.807, 2.05) is 20.8 Å². The van der Waals surface area contributed by atoms with Crippen LogP contribution in [0.2, 0.25) is 5.15 Å². The molecule has 0 spiro atoms. The Morgan fingerprint density at radius 2 is 2.00 bits per heavy atom. The molecule has 0 atom stereocenters. The van der Waals surface area contributed by atoms with E-state index in [0.717, 1.165) is 0 Å². The number of anilines is 1. The van der Waals surface area contributed by atoms with Gasteiger partial charge in [-0.2, -0.15) is 0 Å². The van der Waals surface area contributed by atoms with Crippen LogP contribution < -0.4 is 5.32 Å². The molecule has 0 fully saturated rings. The highest BCUT2D eigenvalue weighted by atomic mass is 35.5. The molecule has 1 amide bonds. The lowest BCUT2D eigenvalue weighted by molar-refractivity contribution is -0.115. The van der Waals surface area contributed by atoms with Gasteiger partial charge in [0.15, 0.2) is 0 Å². The van der Waals surface area contributed by atoms with Gasteiger partial charge in [-0.3, -0.25) is 4.79 Å². The van der Waals surface area contributed by atoms with E-state index < -0.39 is 0 Å². The third-order valence-corrected chi connectivity index (χ3v) is 2.54. The number of halogens is 1. The SMILES string of the molecule is CC(C)(C)c1nc(Cl)c2c(n1)NC(=O)C2. The van der Waals surface area contributed by atoms with Crippen molar-refractivity contribution >= 4 is 23.3 Å². The number of fused-ring (bicyclic) bond motifs is 1. The molecule has 0 radical (unpaired) electrons. The second kappa shape index (κ2) is 3.17. The van der Waals surface area contributed by atoms with Gasteiger partial charge in [0, 0.05) is 11.0 Å². The third-order valence-electron chi connectivity index (χ3n) is 2.22. The van der Waals surface area contributed by atoms with Gasteiger partial charge in [0.1, 0.15) is 16.8 Å². The number of nitrogens with one attached hydrogen (secondary N) is 1. The quantitative estimate of drug-likeness (QED) is 0.687. The van der Waals surface area contributed by atoms with Gasteiger partial charge >= 0.3 is 0 Å². The first-order valence-electron chi connectivity index (χ1n) is 4.74. The lowest BCUT2D eigenvalue weighted by Gasteiger charge is -2.17. The summed E-state index contributed by atoms with van der Waals surface area (Å²) in [7, 11) is 0. The Morgan fingerprint density at radius 3 is 2.60 bits per heavy atom. The zero-order valence-corrected chi connectivity index (χ0v) is 9.64. The second-order valence-electron chi connectivity index (χ2n) is 4.64. The van der Waals surface area contributed by atoms with Crippen LogP contribution in [0.3, 0.4) is 0 Å². The highest BCUT2D eigenvalue weighted by Gasteiger charge is 2.27. The molecule has 80 valence electrons. The Morgan fingerprint density at radius 1 is 1.33 bits per heavy atom. The lowest BCUT2D eigenvalue weighted by Crippen LogP contribution is -2.17. The predicted molar refractivity (Wildman–Crippen MR) is 58.1 cm³/mol. The molecular weight excluding hydrogens is 214 g/mol. The van der Waals surface area contributed by atoms with Crippen molar-refractivity contribution in [3.8, 4) is 0 Å². The van der Waals surface area contributed by atoms with Crippen molar-refractivity contribution in [1.29, 1.82) is 0 Å². The van der Waals surface area contributed by atoms with Gasteiger partial charge in [0.25, 0.3) is 0 Å². The molecule has 0 saturated heterocycles. The minimum atomic E-state index is -0.175. The normalized spacial score (nSPS) is 15.1. The van der Waals surface area contributed by atoms with Gasteiger partial charge in [-0.1, -0.05) is 32.4 Å². The highest BCUT2D eigenvalue weighted by Crippen LogP contribution is 2.30. The number of carbonyl (C=O) groups is 1. The maximum absolute atomic E-state index is 11.2. The van der Waals surface area contributed by atoms with Crippen molar-refractivity contribution in [2.75, 3.05) is 5.32 Å². The van der Waals surface area contributed by atoms with E-state index in [1.54, 1.807) is 0 Å². The van der Waals surface area contributed by atoms with Crippen LogP contribution in [0.15, 0.2) is 0 Å². The van der Waals surface area contributed by atoms with E-state index in [1.165, 1.54) is 0 Å². The molecule has 1 aliphatic rings. The highest BCUT2D eigenvalue weighted by molar-refractivity contribution is 6.31. The van der Waals surface area contributed by atoms with Crippen LogP contribution in [-0.4, -0.2) is 15.9 Å². The number of rotatable bonds is 0. The Hall–Kier alpha value is -1.16. The monoisotopic (exact) mass is 225 g/mol. The van der Waals surface area contributed by atoms with Crippen molar-refractivity contribution in [3.05, 3.63) is 16.5 Å². The zero-order valence-electron chi connectivity index (χ0n) is 8.89. The summed E-state index contributed by atoms with van der Waals surface area (Å²) >= 11 is 6.00. The number of hydrogen-bond donors (Lipinski definition) is 1. The summed E-state index contributed by atoms with van der Waals surface area (Å²) in [5, 5.41) is 3.05. The molecule has 1 aromatic rings. The number of hydrogen-bond acceptors (Lipinski definition) is 3. The van der Waals surface area contributed by atoms with E-state index >= 15 is 0 Å². The van der Waals surface area contributed by atoms with Crippen LogP contribution in [0.1, 0.15) is 32.2 Å². The first-order chi connectivity index (χ1) is 6.88. The molecule has 1 aliphatic heterocycles. The first-order valence-corrected chi connectivity index (χ1v) is 5.12. The van der Waals surface area contributed by atoms with Gasteiger partial charge in [-0.25, -0.2) is 9.97 Å². The fourth-order valence-electron chi connectivity index (χ4n) is 1.39. The minimum Gasteiger partial charge on any atom is -0.310 e. The molecular formula is C10H12ClN3O. The Kier molecular flexibility index (Phi) is 2.19. The standard InChI is InChI=1S/C10H12ClN3O/c1-10(2,3)9-13-7(11)5-4-6(15)12-8(5)14-9/h4H2,1-3H3,(H,12,13,14,15). The van der Waals surface area contributed by atoms with Crippen molar-refractivity contribution in [3.63, 3.8) is 0 Å². The Bertz CT molecular complexity index is 437. The van der Waals surface area contributed by atoms with Gasteiger partial charge in [-0.05, 0) is 0 Å². The maximum atomic E-state index is 11.2. The van der Waals surface area contributed by atoms with E-state index in [-0.39, 0.29) is 17.7 Å². The predicted octanol–water partition coefficient (Wildman–Crippen LogP) is 1.92. The molecule has 15 heavy (non-hydrogen) atoms. The summed E-state index contributed by atoms with van der Waals surface area (Å²) < 4.78 is 0. The molecule has 0 bridgehead atoms. The topological polar surface area (TPSA) is 54.9 Å². The molecule has 0 saturated carbocycles. The largest absolute Gasteiger partial charge is 0.310 e. The molecule has 0 aliphatic carbocycles. The van der Waals surface area contributed by atoms with Crippen LogP contribution in [-0.2, 0) is 16.6 Å². The van der Waals surface area contributed by atoms with Gasteiger partial charge < -0.3 is 5.32 Å². The minimum absolute atomic E-state index is 0.0766. The summed E-state index contributed by atoms with van der Waals surface area (Å²) in [6.07, 6.45) is 0.276. The van der Waals surface area contributed by atoms with Crippen molar-refractivity contribution < 1.29 is 4.79 Å². The molecule has 0 aromatic carbocycles. The molecule has 1 aromatic heterocycles. The summed E-state index contributed by atoms with van der Waals surface area (Å²) in [5.74, 6) is 1.13. The molecule has 2 rings (SSSR count). The summed E-state index contributed by atoms with van der Waals surface area (Å²) in [6, 6.07) is 0. The van der Waals surface area contributed by atoms with Crippen LogP contribution in [0.25, 0.3) is 0 Å². The Balaban J connectivity index is 2.54. The van der Waals surface area contributed by atoms with E-state index in [2.05, 4.69) is 15.3 Å². The van der Waals surface area contributed by atoms with Crippen LogP contribution in [0, 0.1) is 0 Å². The van der Waals surface area contributed by atoms with Gasteiger partial charge in [-0.15, -0.1) is 0 Å². The summed E-state index contributed by atoms with van der Waals surface area (Å²) in [5.41, 5.74) is 0.529. The van der Waals surface area contributed by atoms with E-state index in [4.69, 9.17) is 11.6 Å². The van der Waals surface area contributed by atoms with Crippen molar-refractivity contribution in [2.45, 2.75) is 32.6 Å². The van der Waals surface area contributed by atoms with Gasteiger partial charge in [0.05, 0.1) is 6.42 Å². The van der Waals surface area contributed by atoms with Crippen LogP contribution in [0.5, 0.6) is 0 Å². The molecule has 1 N–H and O–H groups in total. The third kappa shape index (κ3) is 1.81. The van der Waals surface area contributed by atoms with E-state index in [9.17, 15) is 4.79 Å². The fraction of sp³-hybridized carbons (Fsp3) is 0.500. The van der Waals surface area contributed by atoms with Crippen molar-refractivity contribution in [2.24, 2.45) is 0 Å². The molecule has 0 unspecified atom stereocenters. The van der Waals surface area contributed by atoms with Crippen molar-refractivity contribution in [1.82, 2.24) is 9.97 Å². The smallest absolute Gasteiger partial charge is 0.230 e. The summed E-state index contributed by atoms with van der Waals surface area (Å²) in [6.45, 7) is 6.01. The second-order valence-corrected chi connectivity index (χ2v) is 5.00. The molecule has 2 heterocycles. The fourth-order valence-corrected chi connectivity index (χ4v) is 1.63. The van der Waals surface area contributed by atoms with E-state index in [0.29, 0.717) is 22.4 Å². The zero-order chi connectivity index (χ0) is 11.2. The lowest BCUT2D eigenvalue weighted by atomic mass is 9.95. The molecule has 5 heteroatoms. The maximum Gasteiger partial charge on any atom is 0.230 e. The molecule has 4 nitrogen and oxygen atoms in total. The summed E-state index contributed by atoms with van der Waals surface area (Å²) in [4.78, 5) is 19.7. The number of aromatic nitrogens is 2. The average Bonchev–Trinajstić information content (AvgIpc) is 2.44. The average molecular weight is 226 g/mol. The van der Waals surface area contributed by atoms with Gasteiger partial charge in [0.2, 0.25) is 5.91 Å². The number of nitrogens with zero attached hydrogens (tertiary/aromatic N) is 2. The van der Waals surface area contributed by atoms with Crippen LogP contribution >= 0.6 is 11.6 Å².